The fourth-order valence-electron chi connectivity index (χ4n) is 2.01. The van der Waals surface area contributed by atoms with Crippen LogP contribution in [0.3, 0.4) is 0 Å². The van der Waals surface area contributed by atoms with E-state index in [0.717, 1.165) is 0 Å². The number of benzene rings is 1. The largest absolute Gasteiger partial charge is 0.497 e. The van der Waals surface area contributed by atoms with Crippen molar-refractivity contribution < 1.29 is 19.4 Å². The predicted molar refractivity (Wildman–Crippen MR) is 75.2 cm³/mol. The zero-order valence-corrected chi connectivity index (χ0v) is 11.2. The summed E-state index contributed by atoms with van der Waals surface area (Å²) in [6.07, 6.45) is 3.39. The van der Waals surface area contributed by atoms with E-state index in [1.165, 1.54) is 13.2 Å². The normalized spacial score (nSPS) is 10.5. The number of carboxylic acids is 1. The van der Waals surface area contributed by atoms with Crippen molar-refractivity contribution in [2.45, 2.75) is 0 Å². The number of aromatic carboxylic acids is 1. The van der Waals surface area contributed by atoms with Crippen molar-refractivity contribution in [1.82, 2.24) is 9.38 Å². The standard InChI is InChI=1S/C15H12N2O4/c1-20-10-5-6-11(15(18)19)12(9-10)21-14-4-2-3-13-16-7-8-17(13)14/h2-9H,1H3,(H,18,19). The van der Waals surface area contributed by atoms with Crippen LogP contribution in [0, 0.1) is 0 Å². The number of aromatic nitrogens is 2. The Bertz CT molecular complexity index is 810. The van der Waals surface area contributed by atoms with Gasteiger partial charge in [0.25, 0.3) is 0 Å². The minimum atomic E-state index is -1.06. The maximum absolute atomic E-state index is 11.3. The number of imidazole rings is 1. The summed E-state index contributed by atoms with van der Waals surface area (Å²) in [5.41, 5.74) is 0.778. The van der Waals surface area contributed by atoms with Crippen LogP contribution in [-0.4, -0.2) is 27.6 Å². The Labute approximate surface area is 120 Å². The minimum Gasteiger partial charge on any atom is -0.497 e. The first-order valence-corrected chi connectivity index (χ1v) is 6.20. The molecule has 3 aromatic rings. The second kappa shape index (κ2) is 5.16. The molecule has 0 saturated heterocycles. The number of rotatable bonds is 4. The number of pyridine rings is 1. The van der Waals surface area contributed by atoms with E-state index in [4.69, 9.17) is 9.47 Å². The number of hydrogen-bond acceptors (Lipinski definition) is 4. The lowest BCUT2D eigenvalue weighted by molar-refractivity contribution is 0.0694. The van der Waals surface area contributed by atoms with E-state index >= 15 is 0 Å². The summed E-state index contributed by atoms with van der Waals surface area (Å²) in [4.78, 5) is 15.4. The molecule has 0 aliphatic carbocycles. The van der Waals surface area contributed by atoms with Gasteiger partial charge < -0.3 is 14.6 Å². The van der Waals surface area contributed by atoms with E-state index in [1.54, 1.807) is 41.1 Å². The van der Waals surface area contributed by atoms with E-state index in [9.17, 15) is 9.90 Å². The molecule has 0 fully saturated rings. The van der Waals surface area contributed by atoms with Crippen LogP contribution in [0.4, 0.5) is 0 Å². The third-order valence-electron chi connectivity index (χ3n) is 3.02. The van der Waals surface area contributed by atoms with Crippen molar-refractivity contribution >= 4 is 11.6 Å². The molecular formula is C15H12N2O4. The summed E-state index contributed by atoms with van der Waals surface area (Å²) in [6, 6.07) is 9.92. The van der Waals surface area contributed by atoms with Gasteiger partial charge in [-0.25, -0.2) is 9.78 Å². The molecule has 2 aromatic heterocycles. The first-order valence-electron chi connectivity index (χ1n) is 6.20. The molecule has 0 saturated carbocycles. The first kappa shape index (κ1) is 13.0. The molecule has 21 heavy (non-hydrogen) atoms. The van der Waals surface area contributed by atoms with Gasteiger partial charge in [-0.05, 0) is 24.3 Å². The quantitative estimate of drug-likeness (QED) is 0.797. The minimum absolute atomic E-state index is 0.0629. The molecule has 6 heteroatoms. The van der Waals surface area contributed by atoms with Crippen molar-refractivity contribution in [2.24, 2.45) is 0 Å². The highest BCUT2D eigenvalue weighted by Gasteiger charge is 2.14. The van der Waals surface area contributed by atoms with Crippen molar-refractivity contribution in [3.05, 3.63) is 54.4 Å². The SMILES string of the molecule is COc1ccc(C(=O)O)c(Oc2cccc3nccn23)c1. The lowest BCUT2D eigenvalue weighted by Gasteiger charge is -2.11. The Morgan fingerprint density at radius 3 is 2.90 bits per heavy atom. The van der Waals surface area contributed by atoms with Crippen molar-refractivity contribution in [3.63, 3.8) is 0 Å². The molecule has 3 rings (SSSR count). The molecule has 0 unspecified atom stereocenters. The molecule has 106 valence electrons. The van der Waals surface area contributed by atoms with Crippen molar-refractivity contribution in [1.29, 1.82) is 0 Å². The van der Waals surface area contributed by atoms with Crippen LogP contribution < -0.4 is 9.47 Å². The van der Waals surface area contributed by atoms with Gasteiger partial charge in [-0.2, -0.15) is 0 Å². The predicted octanol–water partition coefficient (Wildman–Crippen LogP) is 2.83. The van der Waals surface area contributed by atoms with Crippen LogP contribution >= 0.6 is 0 Å². The maximum atomic E-state index is 11.3. The zero-order valence-electron chi connectivity index (χ0n) is 11.2. The van der Waals surface area contributed by atoms with Crippen LogP contribution in [-0.2, 0) is 0 Å². The van der Waals surface area contributed by atoms with Gasteiger partial charge in [0.2, 0.25) is 5.88 Å². The molecule has 1 N–H and O–H groups in total. The lowest BCUT2D eigenvalue weighted by atomic mass is 10.2. The highest BCUT2D eigenvalue weighted by molar-refractivity contribution is 5.91. The second-order valence-corrected chi connectivity index (χ2v) is 4.29. The van der Waals surface area contributed by atoms with Gasteiger partial charge >= 0.3 is 5.97 Å². The fourth-order valence-corrected chi connectivity index (χ4v) is 2.01. The number of carboxylic acid groups (broad SMARTS) is 1. The van der Waals surface area contributed by atoms with Crippen LogP contribution in [0.5, 0.6) is 17.4 Å². The van der Waals surface area contributed by atoms with Crippen LogP contribution in [0.1, 0.15) is 10.4 Å². The lowest BCUT2D eigenvalue weighted by Crippen LogP contribution is -2.02. The number of hydrogen-bond donors (Lipinski definition) is 1. The van der Waals surface area contributed by atoms with E-state index in [-0.39, 0.29) is 11.3 Å². The molecule has 1 aromatic carbocycles. The molecule has 0 spiro atoms. The fraction of sp³-hybridized carbons (Fsp3) is 0.0667. The average Bonchev–Trinajstić information content (AvgIpc) is 2.96. The third kappa shape index (κ3) is 2.38. The smallest absolute Gasteiger partial charge is 0.339 e. The first-order chi connectivity index (χ1) is 10.2. The molecule has 2 heterocycles. The zero-order chi connectivity index (χ0) is 14.8. The van der Waals surface area contributed by atoms with Gasteiger partial charge in [0.05, 0.1) is 7.11 Å². The van der Waals surface area contributed by atoms with E-state index in [2.05, 4.69) is 4.98 Å². The Morgan fingerprint density at radius 2 is 2.14 bits per heavy atom. The maximum Gasteiger partial charge on any atom is 0.339 e. The van der Waals surface area contributed by atoms with Crippen LogP contribution in [0.2, 0.25) is 0 Å². The van der Waals surface area contributed by atoms with Gasteiger partial charge in [0.15, 0.2) is 0 Å². The van der Waals surface area contributed by atoms with Crippen LogP contribution in [0.25, 0.3) is 5.65 Å². The summed E-state index contributed by atoms with van der Waals surface area (Å²) in [5.74, 6) is 0.141. The van der Waals surface area contributed by atoms with Gasteiger partial charge in [-0.1, -0.05) is 6.07 Å². The van der Waals surface area contributed by atoms with Gasteiger partial charge in [0.1, 0.15) is 22.7 Å². The summed E-state index contributed by atoms with van der Waals surface area (Å²) >= 11 is 0. The third-order valence-corrected chi connectivity index (χ3v) is 3.02. The Hall–Kier alpha value is -3.02. The topological polar surface area (TPSA) is 73.1 Å². The molecule has 0 atom stereocenters. The summed E-state index contributed by atoms with van der Waals surface area (Å²) in [7, 11) is 1.51. The van der Waals surface area contributed by atoms with E-state index in [0.29, 0.717) is 17.3 Å². The molecular weight excluding hydrogens is 272 g/mol. The monoisotopic (exact) mass is 284 g/mol. The van der Waals surface area contributed by atoms with Gasteiger partial charge in [0, 0.05) is 18.5 Å². The molecule has 0 amide bonds. The van der Waals surface area contributed by atoms with E-state index < -0.39 is 5.97 Å². The van der Waals surface area contributed by atoms with E-state index in [1.807, 2.05) is 6.07 Å². The Morgan fingerprint density at radius 1 is 1.29 bits per heavy atom. The molecule has 6 nitrogen and oxygen atoms in total. The van der Waals surface area contributed by atoms with Crippen molar-refractivity contribution in [3.8, 4) is 17.4 Å². The highest BCUT2D eigenvalue weighted by Crippen LogP contribution is 2.29. The number of fused-ring (bicyclic) bond motifs is 1. The van der Waals surface area contributed by atoms with Gasteiger partial charge in [-0.3, -0.25) is 4.40 Å². The summed E-state index contributed by atoms with van der Waals surface area (Å²) in [6.45, 7) is 0. The number of carbonyl (C=O) groups is 1. The highest BCUT2D eigenvalue weighted by atomic mass is 16.5. The number of ether oxygens (including phenoxy) is 2. The molecule has 0 radical (unpaired) electrons. The Balaban J connectivity index is 2.08. The number of nitrogens with zero attached hydrogens (tertiary/aromatic N) is 2. The second-order valence-electron chi connectivity index (χ2n) is 4.29. The number of methoxy groups -OCH3 is 1. The molecule has 0 bridgehead atoms. The Kier molecular flexibility index (Phi) is 3.19. The van der Waals surface area contributed by atoms with Crippen LogP contribution in [0.15, 0.2) is 48.8 Å². The molecule has 0 aliphatic heterocycles. The summed E-state index contributed by atoms with van der Waals surface area (Å²) in [5, 5.41) is 9.24. The van der Waals surface area contributed by atoms with Gasteiger partial charge in [-0.15, -0.1) is 0 Å². The molecule has 0 aliphatic rings. The van der Waals surface area contributed by atoms with Crippen molar-refractivity contribution in [2.75, 3.05) is 7.11 Å². The average molecular weight is 284 g/mol. The summed E-state index contributed by atoms with van der Waals surface area (Å²) < 4.78 is 12.6.